The van der Waals surface area contributed by atoms with Crippen molar-refractivity contribution >= 4 is 27.5 Å². The van der Waals surface area contributed by atoms with Gasteiger partial charge in [0.2, 0.25) is 0 Å². The van der Waals surface area contributed by atoms with E-state index in [9.17, 15) is 14.9 Å². The van der Waals surface area contributed by atoms with E-state index in [0.29, 0.717) is 10.0 Å². The molecule has 0 unspecified atom stereocenters. The van der Waals surface area contributed by atoms with Gasteiger partial charge in [-0.25, -0.2) is 0 Å². The van der Waals surface area contributed by atoms with Crippen molar-refractivity contribution in [1.29, 1.82) is 0 Å². The Bertz CT molecular complexity index is 460. The van der Waals surface area contributed by atoms with Gasteiger partial charge in [0.1, 0.15) is 0 Å². The summed E-state index contributed by atoms with van der Waals surface area (Å²) in [7, 11) is 1.67. The van der Waals surface area contributed by atoms with Crippen molar-refractivity contribution in [1.82, 2.24) is 4.90 Å². The summed E-state index contributed by atoms with van der Waals surface area (Å²) < 4.78 is 0.367. The lowest BCUT2D eigenvalue weighted by Gasteiger charge is -2.21. The van der Waals surface area contributed by atoms with Gasteiger partial charge in [-0.1, -0.05) is 0 Å². The molecule has 0 spiro atoms. The standard InChI is InChI=1S/C11H13BrN2O3/c1-7(2)13(3)11(15)8-4-5-9(12)10(6-8)14(16)17/h4-7H,1-3H3. The number of hydrogen-bond donors (Lipinski definition) is 0. The van der Waals surface area contributed by atoms with Gasteiger partial charge in [0.05, 0.1) is 9.40 Å². The Labute approximate surface area is 108 Å². The van der Waals surface area contributed by atoms with E-state index in [1.165, 1.54) is 17.0 Å². The highest BCUT2D eigenvalue weighted by Crippen LogP contribution is 2.26. The fourth-order valence-electron chi connectivity index (χ4n) is 1.22. The highest BCUT2D eigenvalue weighted by atomic mass is 79.9. The molecule has 0 heterocycles. The summed E-state index contributed by atoms with van der Waals surface area (Å²) in [5.41, 5.74) is 0.212. The Morgan fingerprint density at radius 3 is 2.53 bits per heavy atom. The lowest BCUT2D eigenvalue weighted by atomic mass is 10.1. The van der Waals surface area contributed by atoms with E-state index in [1.807, 2.05) is 13.8 Å². The predicted octanol–water partition coefficient (Wildman–Crippen LogP) is 2.84. The Kier molecular flexibility index (Phi) is 4.22. The molecule has 17 heavy (non-hydrogen) atoms. The molecule has 0 fully saturated rings. The van der Waals surface area contributed by atoms with Gasteiger partial charge in [0.15, 0.2) is 0 Å². The molecule has 0 saturated heterocycles. The maximum atomic E-state index is 12.0. The first-order valence-electron chi connectivity index (χ1n) is 5.05. The van der Waals surface area contributed by atoms with E-state index < -0.39 is 4.92 Å². The minimum Gasteiger partial charge on any atom is -0.339 e. The average Bonchev–Trinajstić information content (AvgIpc) is 2.27. The number of nitro benzene ring substituents is 1. The third-order valence-electron chi connectivity index (χ3n) is 2.48. The molecule has 0 atom stereocenters. The predicted molar refractivity (Wildman–Crippen MR) is 68.0 cm³/mol. The third kappa shape index (κ3) is 3.03. The SMILES string of the molecule is CC(C)N(C)C(=O)c1ccc(Br)c([N+](=O)[O-])c1. The summed E-state index contributed by atoms with van der Waals surface area (Å²) >= 11 is 3.08. The molecule has 0 radical (unpaired) electrons. The fourth-order valence-corrected chi connectivity index (χ4v) is 1.62. The van der Waals surface area contributed by atoms with Gasteiger partial charge in [0, 0.05) is 24.7 Å². The van der Waals surface area contributed by atoms with Crippen LogP contribution >= 0.6 is 15.9 Å². The highest BCUT2D eigenvalue weighted by molar-refractivity contribution is 9.10. The highest BCUT2D eigenvalue weighted by Gasteiger charge is 2.19. The van der Waals surface area contributed by atoms with E-state index in [4.69, 9.17) is 0 Å². The molecule has 0 aliphatic heterocycles. The smallest absolute Gasteiger partial charge is 0.284 e. The van der Waals surface area contributed by atoms with Gasteiger partial charge in [0.25, 0.3) is 11.6 Å². The molecule has 6 heteroatoms. The first kappa shape index (κ1) is 13.6. The monoisotopic (exact) mass is 300 g/mol. The van der Waals surface area contributed by atoms with Crippen LogP contribution in [0.3, 0.4) is 0 Å². The number of rotatable bonds is 3. The van der Waals surface area contributed by atoms with E-state index in [0.717, 1.165) is 0 Å². The van der Waals surface area contributed by atoms with E-state index in [1.54, 1.807) is 13.1 Å². The minimum atomic E-state index is -0.518. The van der Waals surface area contributed by atoms with Crippen LogP contribution in [0.2, 0.25) is 0 Å². The van der Waals surface area contributed by atoms with E-state index in [2.05, 4.69) is 15.9 Å². The number of nitro groups is 1. The van der Waals surface area contributed by atoms with Crippen molar-refractivity contribution in [2.75, 3.05) is 7.05 Å². The normalized spacial score (nSPS) is 10.4. The van der Waals surface area contributed by atoms with Crippen LogP contribution in [0.25, 0.3) is 0 Å². The second-order valence-electron chi connectivity index (χ2n) is 3.93. The molecule has 5 nitrogen and oxygen atoms in total. The minimum absolute atomic E-state index is 0.0465. The lowest BCUT2D eigenvalue weighted by molar-refractivity contribution is -0.385. The molecular formula is C11H13BrN2O3. The number of carbonyl (C=O) groups excluding carboxylic acids is 1. The van der Waals surface area contributed by atoms with Crippen LogP contribution in [0, 0.1) is 10.1 Å². The number of hydrogen-bond acceptors (Lipinski definition) is 3. The number of nitrogens with zero attached hydrogens (tertiary/aromatic N) is 2. The fraction of sp³-hybridized carbons (Fsp3) is 0.364. The van der Waals surface area contributed by atoms with Crippen LogP contribution in [0.1, 0.15) is 24.2 Å². The van der Waals surface area contributed by atoms with Gasteiger partial charge in [-0.2, -0.15) is 0 Å². The molecule has 0 aliphatic rings. The van der Waals surface area contributed by atoms with E-state index >= 15 is 0 Å². The van der Waals surface area contributed by atoms with Gasteiger partial charge >= 0.3 is 0 Å². The van der Waals surface area contributed by atoms with Gasteiger partial charge in [-0.15, -0.1) is 0 Å². The van der Waals surface area contributed by atoms with Gasteiger partial charge in [-0.3, -0.25) is 14.9 Å². The second kappa shape index (κ2) is 5.27. The molecule has 0 bridgehead atoms. The zero-order valence-corrected chi connectivity index (χ0v) is 11.4. The van der Waals surface area contributed by atoms with Crippen molar-refractivity contribution in [3.8, 4) is 0 Å². The number of carbonyl (C=O) groups is 1. The Morgan fingerprint density at radius 1 is 1.47 bits per heavy atom. The zero-order valence-electron chi connectivity index (χ0n) is 9.81. The first-order valence-corrected chi connectivity index (χ1v) is 5.85. The molecule has 1 amide bonds. The summed E-state index contributed by atoms with van der Waals surface area (Å²) in [5.74, 6) is -0.226. The van der Waals surface area contributed by atoms with E-state index in [-0.39, 0.29) is 17.6 Å². The van der Waals surface area contributed by atoms with Crippen LogP contribution in [0.5, 0.6) is 0 Å². The van der Waals surface area contributed by atoms with Crippen LogP contribution in [-0.4, -0.2) is 28.8 Å². The number of benzene rings is 1. The van der Waals surface area contributed by atoms with Crippen molar-refractivity contribution in [3.05, 3.63) is 38.3 Å². The average molecular weight is 301 g/mol. The first-order chi connectivity index (χ1) is 7.84. The molecule has 1 rings (SSSR count). The summed E-state index contributed by atoms with van der Waals surface area (Å²) in [6.07, 6.45) is 0. The summed E-state index contributed by atoms with van der Waals surface area (Å²) in [6.45, 7) is 3.76. The molecule has 0 N–H and O–H groups in total. The molecule has 0 aromatic heterocycles. The van der Waals surface area contributed by atoms with Gasteiger partial charge < -0.3 is 4.90 Å². The molecule has 0 aliphatic carbocycles. The quantitative estimate of drug-likeness (QED) is 0.637. The summed E-state index contributed by atoms with van der Waals surface area (Å²) in [4.78, 5) is 23.7. The molecular weight excluding hydrogens is 288 g/mol. The van der Waals surface area contributed by atoms with Crippen LogP contribution in [0.4, 0.5) is 5.69 Å². The summed E-state index contributed by atoms with van der Waals surface area (Å²) in [5, 5.41) is 10.8. The Morgan fingerprint density at radius 2 is 2.06 bits per heavy atom. The molecule has 92 valence electrons. The third-order valence-corrected chi connectivity index (χ3v) is 3.16. The number of halogens is 1. The topological polar surface area (TPSA) is 63.5 Å². The molecule has 0 saturated carbocycles. The lowest BCUT2D eigenvalue weighted by Crippen LogP contribution is -2.32. The van der Waals surface area contributed by atoms with Crippen LogP contribution in [0.15, 0.2) is 22.7 Å². The molecule has 1 aromatic rings. The second-order valence-corrected chi connectivity index (χ2v) is 4.79. The maximum Gasteiger partial charge on any atom is 0.284 e. The van der Waals surface area contributed by atoms with Gasteiger partial charge in [-0.05, 0) is 41.9 Å². The molecule has 1 aromatic carbocycles. The zero-order chi connectivity index (χ0) is 13.2. The largest absolute Gasteiger partial charge is 0.339 e. The summed E-state index contributed by atoms with van der Waals surface area (Å²) in [6, 6.07) is 4.41. The van der Waals surface area contributed by atoms with Crippen molar-refractivity contribution < 1.29 is 9.72 Å². The van der Waals surface area contributed by atoms with Crippen molar-refractivity contribution in [3.63, 3.8) is 0 Å². The van der Waals surface area contributed by atoms with Crippen molar-refractivity contribution in [2.24, 2.45) is 0 Å². The maximum absolute atomic E-state index is 12.0. The Hall–Kier alpha value is -1.43. The number of amides is 1. The van der Waals surface area contributed by atoms with Crippen molar-refractivity contribution in [2.45, 2.75) is 19.9 Å². The van der Waals surface area contributed by atoms with Crippen LogP contribution < -0.4 is 0 Å². The van der Waals surface area contributed by atoms with Crippen LogP contribution in [-0.2, 0) is 0 Å². The Balaban J connectivity index is 3.12.